The predicted octanol–water partition coefficient (Wildman–Crippen LogP) is 3.53. The summed E-state index contributed by atoms with van der Waals surface area (Å²) in [5, 5.41) is 0. The molecule has 1 aromatic heterocycles. The van der Waals surface area contributed by atoms with Gasteiger partial charge in [0.15, 0.2) is 0 Å². The fraction of sp³-hybridized carbons (Fsp3) is 0.400. The zero-order valence-corrected chi connectivity index (χ0v) is 15.8. The molecule has 1 aromatic carbocycles. The maximum atomic E-state index is 12.4. The summed E-state index contributed by atoms with van der Waals surface area (Å²) in [6, 6.07) is 12.5. The molecule has 1 aliphatic heterocycles. The minimum Gasteiger partial charge on any atom is -0.353 e. The number of pyridine rings is 1. The summed E-state index contributed by atoms with van der Waals surface area (Å²) in [5.74, 6) is 2.10. The number of thioether (sulfide) groups is 1. The van der Waals surface area contributed by atoms with Gasteiger partial charge in [0, 0.05) is 49.4 Å². The molecule has 0 aliphatic carbocycles. The number of anilines is 1. The minimum absolute atomic E-state index is 0.261. The van der Waals surface area contributed by atoms with Crippen LogP contribution in [0.1, 0.15) is 17.5 Å². The second-order valence-electron chi connectivity index (χ2n) is 6.40. The lowest BCUT2D eigenvalue weighted by atomic mass is 10.1. The molecule has 1 fully saturated rings. The van der Waals surface area contributed by atoms with E-state index in [1.807, 2.05) is 29.3 Å². The molecule has 5 heteroatoms. The van der Waals surface area contributed by atoms with Crippen LogP contribution in [0.25, 0.3) is 0 Å². The van der Waals surface area contributed by atoms with Crippen LogP contribution in [-0.2, 0) is 4.79 Å². The first-order valence-electron chi connectivity index (χ1n) is 8.77. The number of hydrogen-bond acceptors (Lipinski definition) is 4. The summed E-state index contributed by atoms with van der Waals surface area (Å²) in [5.41, 5.74) is 2.62. The molecule has 1 saturated heterocycles. The van der Waals surface area contributed by atoms with Gasteiger partial charge in [0.2, 0.25) is 5.91 Å². The second-order valence-corrected chi connectivity index (χ2v) is 7.57. The molecule has 2 heterocycles. The molecule has 0 bridgehead atoms. The van der Waals surface area contributed by atoms with Gasteiger partial charge in [-0.05, 0) is 49.2 Å². The van der Waals surface area contributed by atoms with E-state index < -0.39 is 0 Å². The molecule has 0 radical (unpaired) electrons. The van der Waals surface area contributed by atoms with E-state index in [0.29, 0.717) is 6.42 Å². The lowest BCUT2D eigenvalue weighted by Crippen LogP contribution is -2.49. The van der Waals surface area contributed by atoms with Gasteiger partial charge in [0.1, 0.15) is 5.82 Å². The zero-order valence-electron chi connectivity index (χ0n) is 14.9. The quantitative estimate of drug-likeness (QED) is 0.769. The minimum atomic E-state index is 0.261. The van der Waals surface area contributed by atoms with Crippen molar-refractivity contribution in [3.63, 3.8) is 0 Å². The Labute approximate surface area is 154 Å². The van der Waals surface area contributed by atoms with Crippen LogP contribution in [0.2, 0.25) is 0 Å². The van der Waals surface area contributed by atoms with Gasteiger partial charge in [0.05, 0.1) is 0 Å². The molecule has 0 saturated carbocycles. The van der Waals surface area contributed by atoms with E-state index in [2.05, 4.69) is 41.9 Å². The number of nitrogens with zero attached hydrogens (tertiary/aromatic N) is 3. The van der Waals surface area contributed by atoms with Crippen LogP contribution in [0.15, 0.2) is 47.5 Å². The van der Waals surface area contributed by atoms with E-state index in [1.165, 1.54) is 16.0 Å². The number of hydrogen-bond donors (Lipinski definition) is 0. The number of piperazine rings is 1. The van der Waals surface area contributed by atoms with Crippen molar-refractivity contribution in [3.05, 3.63) is 53.7 Å². The predicted molar refractivity (Wildman–Crippen MR) is 104 cm³/mol. The third kappa shape index (κ3) is 4.75. The lowest BCUT2D eigenvalue weighted by molar-refractivity contribution is -0.131. The summed E-state index contributed by atoms with van der Waals surface area (Å²) >= 11 is 1.77. The molecule has 0 spiro atoms. The van der Waals surface area contributed by atoms with E-state index in [4.69, 9.17) is 0 Å². The molecule has 0 N–H and O–H groups in total. The lowest BCUT2D eigenvalue weighted by Gasteiger charge is -2.35. The van der Waals surface area contributed by atoms with Gasteiger partial charge in [0.25, 0.3) is 0 Å². The number of benzene rings is 1. The normalized spacial score (nSPS) is 14.6. The van der Waals surface area contributed by atoms with Gasteiger partial charge in [-0.3, -0.25) is 4.79 Å². The topological polar surface area (TPSA) is 36.4 Å². The number of carbonyl (C=O) groups is 1. The van der Waals surface area contributed by atoms with Gasteiger partial charge < -0.3 is 9.80 Å². The Morgan fingerprint density at radius 2 is 1.88 bits per heavy atom. The molecule has 3 rings (SSSR count). The van der Waals surface area contributed by atoms with E-state index in [9.17, 15) is 4.79 Å². The standard InChI is InChI=1S/C20H25N3OS/c1-16-6-7-18(15-17(16)2)25-14-8-20(24)23-12-10-22(11-13-23)19-5-3-4-9-21-19/h3-7,9,15H,8,10-14H2,1-2H3. The molecule has 1 aliphatic rings. The molecule has 25 heavy (non-hydrogen) atoms. The molecule has 4 nitrogen and oxygen atoms in total. The first-order valence-corrected chi connectivity index (χ1v) is 9.76. The highest BCUT2D eigenvalue weighted by atomic mass is 32.2. The second kappa shape index (κ2) is 8.39. The Balaban J connectivity index is 1.43. The first-order chi connectivity index (χ1) is 12.1. The fourth-order valence-corrected chi connectivity index (χ4v) is 3.88. The van der Waals surface area contributed by atoms with E-state index in [-0.39, 0.29) is 5.91 Å². The van der Waals surface area contributed by atoms with Crippen molar-refractivity contribution in [1.82, 2.24) is 9.88 Å². The van der Waals surface area contributed by atoms with Crippen LogP contribution < -0.4 is 4.90 Å². The van der Waals surface area contributed by atoms with Crippen LogP contribution in [0.3, 0.4) is 0 Å². The van der Waals surface area contributed by atoms with Gasteiger partial charge in [-0.25, -0.2) is 4.98 Å². The van der Waals surface area contributed by atoms with Crippen LogP contribution in [0.5, 0.6) is 0 Å². The van der Waals surface area contributed by atoms with Crippen molar-refractivity contribution in [2.45, 2.75) is 25.2 Å². The first kappa shape index (κ1) is 17.8. The SMILES string of the molecule is Cc1ccc(SCCC(=O)N2CCN(c3ccccn3)CC2)cc1C. The summed E-state index contributed by atoms with van der Waals surface area (Å²) in [6.45, 7) is 7.52. The highest BCUT2D eigenvalue weighted by Gasteiger charge is 2.21. The van der Waals surface area contributed by atoms with Crippen molar-refractivity contribution in [2.24, 2.45) is 0 Å². The van der Waals surface area contributed by atoms with Crippen molar-refractivity contribution >= 4 is 23.5 Å². The van der Waals surface area contributed by atoms with Crippen LogP contribution >= 0.6 is 11.8 Å². The highest BCUT2D eigenvalue weighted by molar-refractivity contribution is 7.99. The highest BCUT2D eigenvalue weighted by Crippen LogP contribution is 2.22. The smallest absolute Gasteiger partial charge is 0.223 e. The Bertz CT molecular complexity index is 712. The van der Waals surface area contributed by atoms with Crippen LogP contribution in [0.4, 0.5) is 5.82 Å². The van der Waals surface area contributed by atoms with Crippen molar-refractivity contribution in [2.75, 3.05) is 36.8 Å². The van der Waals surface area contributed by atoms with Gasteiger partial charge >= 0.3 is 0 Å². The fourth-order valence-electron chi connectivity index (χ4n) is 2.94. The van der Waals surface area contributed by atoms with Crippen molar-refractivity contribution in [1.29, 1.82) is 0 Å². The largest absolute Gasteiger partial charge is 0.353 e. The Kier molecular flexibility index (Phi) is 5.97. The summed E-state index contributed by atoms with van der Waals surface area (Å²) in [4.78, 5) is 22.3. The number of amides is 1. The molecule has 0 unspecified atom stereocenters. The third-order valence-electron chi connectivity index (χ3n) is 4.67. The van der Waals surface area contributed by atoms with E-state index in [1.54, 1.807) is 11.8 Å². The maximum Gasteiger partial charge on any atom is 0.223 e. The Hall–Kier alpha value is -2.01. The molecule has 1 amide bonds. The average Bonchev–Trinajstić information content (AvgIpc) is 2.65. The number of rotatable bonds is 5. The van der Waals surface area contributed by atoms with Crippen molar-refractivity contribution < 1.29 is 4.79 Å². The summed E-state index contributed by atoms with van der Waals surface area (Å²) < 4.78 is 0. The number of carbonyl (C=O) groups excluding carboxylic acids is 1. The summed E-state index contributed by atoms with van der Waals surface area (Å²) in [6.07, 6.45) is 2.41. The number of aryl methyl sites for hydroxylation is 2. The number of aromatic nitrogens is 1. The maximum absolute atomic E-state index is 12.4. The zero-order chi connectivity index (χ0) is 17.6. The molecular weight excluding hydrogens is 330 g/mol. The third-order valence-corrected chi connectivity index (χ3v) is 5.66. The Morgan fingerprint density at radius 3 is 2.56 bits per heavy atom. The van der Waals surface area contributed by atoms with Gasteiger partial charge in [-0.1, -0.05) is 12.1 Å². The average molecular weight is 356 g/mol. The molecule has 2 aromatic rings. The monoisotopic (exact) mass is 355 g/mol. The van der Waals surface area contributed by atoms with Crippen LogP contribution in [-0.4, -0.2) is 47.7 Å². The van der Waals surface area contributed by atoms with Crippen LogP contribution in [0, 0.1) is 13.8 Å². The molecule has 0 atom stereocenters. The van der Waals surface area contributed by atoms with E-state index in [0.717, 1.165) is 37.7 Å². The van der Waals surface area contributed by atoms with E-state index >= 15 is 0 Å². The van der Waals surface area contributed by atoms with Crippen molar-refractivity contribution in [3.8, 4) is 0 Å². The van der Waals surface area contributed by atoms with Gasteiger partial charge in [-0.15, -0.1) is 11.8 Å². The Morgan fingerprint density at radius 1 is 1.08 bits per heavy atom. The summed E-state index contributed by atoms with van der Waals surface area (Å²) in [7, 11) is 0. The molecular formula is C20H25N3OS. The van der Waals surface area contributed by atoms with Gasteiger partial charge in [-0.2, -0.15) is 0 Å². The molecule has 132 valence electrons.